The number of unbranched alkanes of at least 4 members (excludes halogenated alkanes) is 10. The molecule has 0 saturated heterocycles. The summed E-state index contributed by atoms with van der Waals surface area (Å²) < 4.78 is 19.8. The number of rotatable bonds is 18. The van der Waals surface area contributed by atoms with Crippen molar-refractivity contribution >= 4 is 86.1 Å². The fraction of sp³-hybridized carbons (Fsp3) is 0.688. The van der Waals surface area contributed by atoms with Crippen LogP contribution in [0.1, 0.15) is 90.9 Å². The van der Waals surface area contributed by atoms with Crippen LogP contribution in [0.2, 0.25) is 29.6 Å². The van der Waals surface area contributed by atoms with E-state index in [1.807, 2.05) is 11.3 Å². The summed E-state index contributed by atoms with van der Waals surface area (Å²) in [6.45, 7) is 6.23. The van der Waals surface area contributed by atoms with Gasteiger partial charge in [-0.2, -0.15) is 0 Å². The van der Waals surface area contributed by atoms with Crippen LogP contribution in [0, 0.1) is 0 Å². The van der Waals surface area contributed by atoms with Crippen molar-refractivity contribution in [2.24, 2.45) is 0 Å². The summed E-state index contributed by atoms with van der Waals surface area (Å²) >= 11 is -0.900. The summed E-state index contributed by atoms with van der Waals surface area (Å²) in [5, 5.41) is 4.98. The zero-order chi connectivity index (χ0) is 27.8. The molecular formula is C32H54O2S2Sn2. The van der Waals surface area contributed by atoms with E-state index in [4.69, 9.17) is 9.47 Å². The van der Waals surface area contributed by atoms with E-state index < -0.39 is 36.8 Å². The molecule has 0 aliphatic heterocycles. The zero-order valence-corrected chi connectivity index (χ0v) is 33.0. The zero-order valence-electron chi connectivity index (χ0n) is 25.7. The average Bonchev–Trinajstić information content (AvgIpc) is 3.49. The van der Waals surface area contributed by atoms with E-state index in [0.717, 1.165) is 31.8 Å². The van der Waals surface area contributed by atoms with Gasteiger partial charge in [-0.25, -0.2) is 0 Å². The van der Waals surface area contributed by atoms with Gasteiger partial charge in [-0.15, -0.1) is 0 Å². The predicted molar refractivity (Wildman–Crippen MR) is 181 cm³/mol. The molecule has 3 rings (SSSR count). The Kier molecular flexibility index (Phi) is 13.4. The molecule has 6 heteroatoms. The molecule has 38 heavy (non-hydrogen) atoms. The molecule has 0 saturated carbocycles. The van der Waals surface area contributed by atoms with Gasteiger partial charge in [0.2, 0.25) is 0 Å². The predicted octanol–water partition coefficient (Wildman–Crippen LogP) is 10.7. The molecule has 2 heterocycles. The standard InChI is InChI=1S/C26H36O2S2.6CH3.2Sn/c1-3-5-7-9-11-13-17-27-23-21-15-19-30-26(21)24(22-16-20-29-25(22)23)28-18-14-12-10-8-6-4-2;;;;;;;;/h15,19H,3-14,17-18H2,1-2H3;6*1H3;;. The Hall–Kier alpha value is 0.337. The third kappa shape index (κ3) is 8.67. The normalized spacial score (nSPS) is 12.6. The van der Waals surface area contributed by atoms with Crippen LogP contribution >= 0.6 is 22.7 Å². The fourth-order valence-corrected chi connectivity index (χ4v) is 35.4. The Labute approximate surface area is 250 Å². The molecule has 3 aromatic rings. The van der Waals surface area contributed by atoms with Crippen molar-refractivity contribution in [1.82, 2.24) is 0 Å². The number of ether oxygens (including phenoxy) is 2. The number of fused-ring (bicyclic) bond motifs is 2. The van der Waals surface area contributed by atoms with E-state index in [1.165, 1.54) is 90.1 Å². The van der Waals surface area contributed by atoms with Crippen molar-refractivity contribution in [3.63, 3.8) is 0 Å². The number of hydrogen-bond acceptors (Lipinski definition) is 4. The van der Waals surface area contributed by atoms with Gasteiger partial charge >= 0.3 is 245 Å². The van der Waals surface area contributed by atoms with Crippen LogP contribution in [0.5, 0.6) is 11.5 Å². The minimum absolute atomic E-state index is 0.824. The van der Waals surface area contributed by atoms with E-state index in [2.05, 4.69) is 66.3 Å². The first-order valence-electron chi connectivity index (χ1n) is 15.4. The first-order chi connectivity index (χ1) is 18.1. The van der Waals surface area contributed by atoms with Crippen molar-refractivity contribution < 1.29 is 9.47 Å². The van der Waals surface area contributed by atoms with E-state index in [9.17, 15) is 0 Å². The summed E-state index contributed by atoms with van der Waals surface area (Å²) in [5.41, 5.74) is 0. The molecular weight excluding hydrogens is 718 g/mol. The molecule has 0 aliphatic rings. The molecule has 214 valence electrons. The van der Waals surface area contributed by atoms with Crippen LogP contribution in [0.4, 0.5) is 0 Å². The molecule has 2 nitrogen and oxygen atoms in total. The monoisotopic (exact) mass is 774 g/mol. The molecule has 0 amide bonds. The maximum absolute atomic E-state index is 6.81. The molecule has 0 N–H and O–H groups in total. The average molecular weight is 772 g/mol. The van der Waals surface area contributed by atoms with Gasteiger partial charge in [0.1, 0.15) is 0 Å². The van der Waals surface area contributed by atoms with Crippen molar-refractivity contribution in [1.29, 1.82) is 0 Å². The van der Waals surface area contributed by atoms with Crippen molar-refractivity contribution in [2.75, 3.05) is 13.2 Å². The second-order valence-electron chi connectivity index (χ2n) is 13.1. The molecule has 0 aliphatic carbocycles. The van der Waals surface area contributed by atoms with E-state index >= 15 is 0 Å². The van der Waals surface area contributed by atoms with Crippen molar-refractivity contribution in [2.45, 2.75) is 121 Å². The van der Waals surface area contributed by atoms with E-state index in [-0.39, 0.29) is 0 Å². The number of benzene rings is 1. The molecule has 2 aromatic heterocycles. The van der Waals surface area contributed by atoms with Crippen molar-refractivity contribution in [3.05, 3.63) is 11.4 Å². The number of hydrogen-bond donors (Lipinski definition) is 0. The summed E-state index contributed by atoms with van der Waals surface area (Å²) in [4.78, 5) is 15.6. The topological polar surface area (TPSA) is 18.5 Å². The van der Waals surface area contributed by atoms with Gasteiger partial charge < -0.3 is 0 Å². The second kappa shape index (κ2) is 15.5. The molecule has 0 atom stereocenters. The molecule has 0 unspecified atom stereocenters. The first kappa shape index (κ1) is 32.8. The molecule has 0 radical (unpaired) electrons. The molecule has 0 fully saturated rings. The van der Waals surface area contributed by atoms with E-state index in [1.54, 1.807) is 6.47 Å². The minimum atomic E-state index is -2.48. The Morgan fingerprint density at radius 2 is 1.16 bits per heavy atom. The quantitative estimate of drug-likeness (QED) is 0.0947. The Balaban J connectivity index is 2.00. The third-order valence-electron chi connectivity index (χ3n) is 7.38. The molecule has 0 bridgehead atoms. The van der Waals surface area contributed by atoms with Gasteiger partial charge in [-0.3, -0.25) is 0 Å². The summed E-state index contributed by atoms with van der Waals surface area (Å²) in [6.07, 6.45) is 15.5. The van der Waals surface area contributed by atoms with Gasteiger partial charge in [-0.1, -0.05) is 6.92 Å². The third-order valence-corrected chi connectivity index (χ3v) is 27.1. The van der Waals surface area contributed by atoms with Crippen LogP contribution in [-0.2, 0) is 0 Å². The Morgan fingerprint density at radius 3 is 1.68 bits per heavy atom. The molecule has 0 spiro atoms. The van der Waals surface area contributed by atoms with Crippen LogP contribution in [0.3, 0.4) is 0 Å². The molecule has 1 aromatic carbocycles. The van der Waals surface area contributed by atoms with E-state index in [0.29, 0.717) is 0 Å². The Bertz CT molecular complexity index is 1130. The fourth-order valence-electron chi connectivity index (χ4n) is 5.35. The Morgan fingerprint density at radius 1 is 0.632 bits per heavy atom. The second-order valence-corrected chi connectivity index (χ2v) is 44.6. The van der Waals surface area contributed by atoms with Gasteiger partial charge in [0, 0.05) is 0 Å². The van der Waals surface area contributed by atoms with Gasteiger partial charge in [0.25, 0.3) is 0 Å². The number of thiophene rings is 2. The SMILES string of the molecule is CCCCCCCCOc1c2ccsc2c(OCCCCCCCC)c2[c]([Sn]([CH3])([CH3])[CH3])[c]([Sn]([CH3])([CH3])[CH3])sc12. The van der Waals surface area contributed by atoms with Crippen LogP contribution in [0.25, 0.3) is 20.2 Å². The maximum atomic E-state index is 6.81. The van der Waals surface area contributed by atoms with Gasteiger partial charge in [-0.05, 0) is 0 Å². The summed E-state index contributed by atoms with van der Waals surface area (Å²) in [7, 11) is 0. The van der Waals surface area contributed by atoms with Crippen molar-refractivity contribution in [3.8, 4) is 11.5 Å². The van der Waals surface area contributed by atoms with Crippen LogP contribution in [-0.4, -0.2) is 50.0 Å². The summed E-state index contributed by atoms with van der Waals surface area (Å²) in [5.74, 6) is 2.34. The van der Waals surface area contributed by atoms with Crippen LogP contribution < -0.4 is 15.9 Å². The summed E-state index contributed by atoms with van der Waals surface area (Å²) in [6, 6.07) is 2.29. The van der Waals surface area contributed by atoms with Gasteiger partial charge in [0.15, 0.2) is 0 Å². The van der Waals surface area contributed by atoms with Gasteiger partial charge in [0.05, 0.1) is 0 Å². The first-order valence-corrected chi connectivity index (χ1v) is 37.0. The van der Waals surface area contributed by atoms with Crippen LogP contribution in [0.15, 0.2) is 11.4 Å².